The number of unbranched alkanes of at least 4 members (excludes halogenated alkanes) is 6. The van der Waals surface area contributed by atoms with Crippen molar-refractivity contribution in [1.82, 2.24) is 4.98 Å². The molecule has 0 amide bonds. The number of benzene rings is 1. The van der Waals surface area contributed by atoms with Crippen molar-refractivity contribution in [2.24, 2.45) is 0 Å². The zero-order valence-corrected chi connectivity index (χ0v) is 19.4. The maximum Gasteiger partial charge on any atom is 0.338 e. The molecular weight excluding hydrogens is 386 g/mol. The van der Waals surface area contributed by atoms with E-state index in [2.05, 4.69) is 24.9 Å². The molecule has 1 aromatic carbocycles. The van der Waals surface area contributed by atoms with Gasteiger partial charge in [-0.1, -0.05) is 70.6 Å². The number of aromatic nitrogens is 1. The molecule has 1 unspecified atom stereocenters. The topological polar surface area (TPSA) is 56.3 Å². The molecule has 0 radical (unpaired) electrons. The van der Waals surface area contributed by atoms with Crippen LogP contribution >= 0.6 is 0 Å². The van der Waals surface area contributed by atoms with E-state index in [1.807, 2.05) is 24.4 Å². The number of aryl methyl sites for hydroxylation is 1. The minimum atomic E-state index is -0.708. The normalized spacial score (nSPS) is 11.8. The Bertz CT molecular complexity index is 796. The predicted octanol–water partition coefficient (Wildman–Crippen LogP) is 6.96. The zero-order valence-electron chi connectivity index (χ0n) is 19.4. The number of hydrogen-bond donors (Lipinski definition) is 0. The van der Waals surface area contributed by atoms with Gasteiger partial charge in [-0.2, -0.15) is 0 Å². The highest BCUT2D eigenvalue weighted by Crippen LogP contribution is 2.19. The summed E-state index contributed by atoms with van der Waals surface area (Å²) < 4.78 is 5.35. The zero-order chi connectivity index (χ0) is 22.5. The maximum absolute atomic E-state index is 12.4. The Labute approximate surface area is 187 Å². The van der Waals surface area contributed by atoms with Crippen molar-refractivity contribution in [1.29, 1.82) is 0 Å². The Kier molecular flexibility index (Phi) is 11.0. The van der Waals surface area contributed by atoms with Crippen molar-refractivity contribution in [3.05, 3.63) is 53.7 Å². The van der Waals surface area contributed by atoms with E-state index in [1.165, 1.54) is 37.7 Å². The number of nitrogens with zero attached hydrogens (tertiary/aromatic N) is 1. The summed E-state index contributed by atoms with van der Waals surface area (Å²) in [6, 6.07) is 11.4. The van der Waals surface area contributed by atoms with Crippen molar-refractivity contribution < 1.29 is 14.3 Å². The fraction of sp³-hybridized carbons (Fsp3) is 0.519. The average Bonchev–Trinajstić information content (AvgIpc) is 2.79. The minimum Gasteiger partial charge on any atom is -0.451 e. The van der Waals surface area contributed by atoms with Gasteiger partial charge in [0.1, 0.15) is 0 Å². The SMILES string of the molecule is CCCCCCCc1ccc(-c2ccc(C(=O)OC(C)C(=O)CCCCC)cc2)nc1. The Morgan fingerprint density at radius 1 is 0.871 bits per heavy atom. The monoisotopic (exact) mass is 423 g/mol. The average molecular weight is 424 g/mol. The van der Waals surface area contributed by atoms with Crippen LogP contribution in [-0.2, 0) is 16.0 Å². The molecule has 2 rings (SSSR count). The number of ether oxygens (including phenoxy) is 1. The van der Waals surface area contributed by atoms with Crippen LogP contribution in [-0.4, -0.2) is 22.8 Å². The number of ketones is 1. The summed E-state index contributed by atoms with van der Waals surface area (Å²) in [5.74, 6) is -0.484. The van der Waals surface area contributed by atoms with Gasteiger partial charge >= 0.3 is 5.97 Å². The lowest BCUT2D eigenvalue weighted by Gasteiger charge is -2.12. The number of Topliss-reactive ketones (excluding diaryl/α,β-unsaturated/α-hetero) is 1. The van der Waals surface area contributed by atoms with E-state index in [1.54, 1.807) is 19.1 Å². The first-order chi connectivity index (χ1) is 15.0. The summed E-state index contributed by atoms with van der Waals surface area (Å²) in [5.41, 5.74) is 3.54. The highest BCUT2D eigenvalue weighted by molar-refractivity contribution is 5.93. The van der Waals surface area contributed by atoms with Gasteiger partial charge in [-0.15, -0.1) is 0 Å². The second-order valence-corrected chi connectivity index (χ2v) is 8.26. The summed E-state index contributed by atoms with van der Waals surface area (Å²) in [7, 11) is 0. The van der Waals surface area contributed by atoms with Gasteiger partial charge in [-0.3, -0.25) is 9.78 Å². The van der Waals surface area contributed by atoms with Crippen LogP contribution in [0.5, 0.6) is 0 Å². The van der Waals surface area contributed by atoms with Crippen LogP contribution in [0.4, 0.5) is 0 Å². The number of pyridine rings is 1. The largest absolute Gasteiger partial charge is 0.451 e. The minimum absolute atomic E-state index is 0.0203. The molecule has 0 fully saturated rings. The molecule has 31 heavy (non-hydrogen) atoms. The Balaban J connectivity index is 1.86. The van der Waals surface area contributed by atoms with Gasteiger partial charge in [0.05, 0.1) is 11.3 Å². The van der Waals surface area contributed by atoms with Crippen LogP contribution in [0, 0.1) is 0 Å². The summed E-state index contributed by atoms with van der Waals surface area (Å²) >= 11 is 0. The van der Waals surface area contributed by atoms with Gasteiger partial charge in [0.15, 0.2) is 11.9 Å². The van der Waals surface area contributed by atoms with Gasteiger partial charge in [0.2, 0.25) is 0 Å². The summed E-state index contributed by atoms with van der Waals surface area (Å²) in [5, 5.41) is 0. The molecule has 0 aliphatic carbocycles. The Morgan fingerprint density at radius 2 is 1.55 bits per heavy atom. The molecule has 4 nitrogen and oxygen atoms in total. The molecule has 0 aliphatic rings. The lowest BCUT2D eigenvalue weighted by Crippen LogP contribution is -2.24. The molecule has 0 saturated carbocycles. The number of carbonyl (C=O) groups is 2. The molecule has 4 heteroatoms. The van der Waals surface area contributed by atoms with E-state index >= 15 is 0 Å². The van der Waals surface area contributed by atoms with Gasteiger partial charge in [-0.05, 0) is 49.9 Å². The van der Waals surface area contributed by atoms with Crippen LogP contribution in [0.1, 0.15) is 94.5 Å². The van der Waals surface area contributed by atoms with Crippen molar-refractivity contribution in [2.45, 2.75) is 91.1 Å². The van der Waals surface area contributed by atoms with Crippen molar-refractivity contribution >= 4 is 11.8 Å². The van der Waals surface area contributed by atoms with E-state index in [9.17, 15) is 9.59 Å². The molecular formula is C27H37NO3. The molecule has 0 spiro atoms. The molecule has 1 atom stereocenters. The van der Waals surface area contributed by atoms with Crippen LogP contribution in [0.2, 0.25) is 0 Å². The van der Waals surface area contributed by atoms with Crippen LogP contribution in [0.15, 0.2) is 42.6 Å². The molecule has 2 aromatic rings. The second kappa shape index (κ2) is 13.7. The first kappa shape index (κ1) is 24.8. The number of carbonyl (C=O) groups excluding carboxylic acids is 2. The fourth-order valence-electron chi connectivity index (χ4n) is 3.50. The van der Waals surface area contributed by atoms with Crippen molar-refractivity contribution in [2.75, 3.05) is 0 Å². The molecule has 0 N–H and O–H groups in total. The van der Waals surface area contributed by atoms with Crippen molar-refractivity contribution in [3.63, 3.8) is 0 Å². The molecule has 0 bridgehead atoms. The van der Waals surface area contributed by atoms with Crippen LogP contribution in [0.25, 0.3) is 11.3 Å². The van der Waals surface area contributed by atoms with E-state index in [-0.39, 0.29) is 5.78 Å². The van der Waals surface area contributed by atoms with E-state index in [4.69, 9.17) is 4.74 Å². The Hall–Kier alpha value is -2.49. The number of rotatable bonds is 14. The molecule has 1 aromatic heterocycles. The second-order valence-electron chi connectivity index (χ2n) is 8.26. The summed E-state index contributed by atoms with van der Waals surface area (Å²) in [6.45, 7) is 5.97. The quantitative estimate of drug-likeness (QED) is 0.243. The molecule has 0 aliphatic heterocycles. The Morgan fingerprint density at radius 3 is 2.19 bits per heavy atom. The molecule has 1 heterocycles. The smallest absolute Gasteiger partial charge is 0.338 e. The fourth-order valence-corrected chi connectivity index (χ4v) is 3.50. The van der Waals surface area contributed by atoms with Gasteiger partial charge in [0, 0.05) is 18.2 Å². The third kappa shape index (κ3) is 8.64. The van der Waals surface area contributed by atoms with E-state index in [0.29, 0.717) is 12.0 Å². The van der Waals surface area contributed by atoms with Gasteiger partial charge in [0.25, 0.3) is 0 Å². The molecule has 0 saturated heterocycles. The third-order valence-electron chi connectivity index (χ3n) is 5.57. The first-order valence-corrected chi connectivity index (χ1v) is 11.8. The highest BCUT2D eigenvalue weighted by Gasteiger charge is 2.18. The number of hydrogen-bond acceptors (Lipinski definition) is 4. The van der Waals surface area contributed by atoms with E-state index in [0.717, 1.165) is 36.9 Å². The highest BCUT2D eigenvalue weighted by atomic mass is 16.5. The lowest BCUT2D eigenvalue weighted by atomic mass is 10.0. The standard InChI is InChI=1S/C27H37NO3/c1-4-6-8-9-11-12-22-14-19-25(28-20-22)23-15-17-24(18-16-23)27(30)31-21(3)26(29)13-10-7-5-2/h14-21H,4-13H2,1-3H3. The van der Waals surface area contributed by atoms with Crippen LogP contribution < -0.4 is 0 Å². The lowest BCUT2D eigenvalue weighted by molar-refractivity contribution is -0.127. The summed E-state index contributed by atoms with van der Waals surface area (Å²) in [4.78, 5) is 29.0. The van der Waals surface area contributed by atoms with Gasteiger partial charge in [-0.25, -0.2) is 4.79 Å². The first-order valence-electron chi connectivity index (χ1n) is 11.8. The van der Waals surface area contributed by atoms with Crippen LogP contribution in [0.3, 0.4) is 0 Å². The third-order valence-corrected chi connectivity index (χ3v) is 5.57. The molecule has 168 valence electrons. The van der Waals surface area contributed by atoms with E-state index < -0.39 is 12.1 Å². The summed E-state index contributed by atoms with van der Waals surface area (Å²) in [6.07, 6.45) is 12.1. The predicted molar refractivity (Wildman–Crippen MR) is 126 cm³/mol. The van der Waals surface area contributed by atoms with Gasteiger partial charge < -0.3 is 4.74 Å². The number of esters is 1. The van der Waals surface area contributed by atoms with Crippen molar-refractivity contribution in [3.8, 4) is 11.3 Å². The maximum atomic E-state index is 12.4.